The van der Waals surface area contributed by atoms with Gasteiger partial charge in [0.1, 0.15) is 5.75 Å². The Morgan fingerprint density at radius 1 is 1.37 bits per heavy atom. The molecule has 0 bridgehead atoms. The van der Waals surface area contributed by atoms with Gasteiger partial charge in [0, 0.05) is 0 Å². The summed E-state index contributed by atoms with van der Waals surface area (Å²) in [5.41, 5.74) is -2.71. The van der Waals surface area contributed by atoms with Crippen LogP contribution in [-0.4, -0.2) is 29.8 Å². The van der Waals surface area contributed by atoms with Gasteiger partial charge in [-0.2, -0.15) is 13.2 Å². The molecule has 104 valence electrons. The van der Waals surface area contributed by atoms with Crippen LogP contribution in [0, 0.1) is 0 Å². The van der Waals surface area contributed by atoms with E-state index in [1.165, 1.54) is 0 Å². The second-order valence-corrected chi connectivity index (χ2v) is 4.62. The average Bonchev–Trinajstić information content (AvgIpc) is 2.38. The highest BCUT2D eigenvalue weighted by atomic mass is 19.4. The van der Waals surface area contributed by atoms with Crippen LogP contribution >= 0.6 is 0 Å². The van der Waals surface area contributed by atoms with Crippen LogP contribution in [0.4, 0.5) is 13.2 Å². The van der Waals surface area contributed by atoms with E-state index in [-0.39, 0.29) is 6.61 Å². The number of benzene rings is 1. The predicted octanol–water partition coefficient (Wildman–Crippen LogP) is 2.44. The van der Waals surface area contributed by atoms with E-state index in [0.717, 1.165) is 0 Å². The third-order valence-electron chi connectivity index (χ3n) is 3.33. The Bertz CT molecular complexity index is 472. The number of fused-ring (bicyclic) bond motifs is 1. The SMILES string of the molecule is O=CC(O)(CC1CCOc2ccccc21)C(F)(F)F. The summed E-state index contributed by atoms with van der Waals surface area (Å²) in [7, 11) is 0. The summed E-state index contributed by atoms with van der Waals surface area (Å²) >= 11 is 0. The molecule has 2 unspecified atom stereocenters. The van der Waals surface area contributed by atoms with Crippen molar-refractivity contribution in [1.82, 2.24) is 0 Å². The van der Waals surface area contributed by atoms with Crippen LogP contribution in [-0.2, 0) is 4.79 Å². The highest BCUT2D eigenvalue weighted by molar-refractivity contribution is 5.64. The molecular weight excluding hydrogens is 261 g/mol. The molecule has 2 atom stereocenters. The lowest BCUT2D eigenvalue weighted by atomic mass is 9.83. The van der Waals surface area contributed by atoms with Crippen molar-refractivity contribution >= 4 is 6.29 Å². The first-order valence-electron chi connectivity index (χ1n) is 5.84. The van der Waals surface area contributed by atoms with Crippen molar-refractivity contribution in [2.24, 2.45) is 0 Å². The van der Waals surface area contributed by atoms with Crippen molar-refractivity contribution < 1.29 is 27.8 Å². The monoisotopic (exact) mass is 274 g/mol. The zero-order valence-electron chi connectivity index (χ0n) is 9.98. The van der Waals surface area contributed by atoms with Gasteiger partial charge >= 0.3 is 6.18 Å². The van der Waals surface area contributed by atoms with Gasteiger partial charge < -0.3 is 9.84 Å². The molecule has 1 aliphatic heterocycles. The number of alkyl halides is 3. The zero-order chi connectivity index (χ0) is 14.1. The molecule has 0 saturated heterocycles. The minimum absolute atomic E-state index is 0.272. The average molecular weight is 274 g/mol. The number of para-hydroxylation sites is 1. The van der Waals surface area contributed by atoms with E-state index >= 15 is 0 Å². The third kappa shape index (κ3) is 2.58. The van der Waals surface area contributed by atoms with Crippen LogP contribution in [0.1, 0.15) is 24.3 Å². The first-order chi connectivity index (χ1) is 8.87. The molecule has 1 aromatic carbocycles. The summed E-state index contributed by atoms with van der Waals surface area (Å²) < 4.78 is 43.5. The van der Waals surface area contributed by atoms with Gasteiger partial charge in [0.15, 0.2) is 6.29 Å². The molecule has 0 spiro atoms. The van der Waals surface area contributed by atoms with Crippen molar-refractivity contribution in [1.29, 1.82) is 0 Å². The summed E-state index contributed by atoms with van der Waals surface area (Å²) in [5.74, 6) is -0.0454. The third-order valence-corrected chi connectivity index (χ3v) is 3.33. The van der Waals surface area contributed by atoms with E-state index < -0.39 is 30.4 Å². The maximum absolute atomic E-state index is 12.7. The molecule has 6 heteroatoms. The summed E-state index contributed by atoms with van der Waals surface area (Å²) in [6.45, 7) is 0.272. The molecular formula is C13H13F3O3. The number of aldehydes is 1. The maximum Gasteiger partial charge on any atom is 0.424 e. The predicted molar refractivity (Wildman–Crippen MR) is 61.0 cm³/mol. The number of rotatable bonds is 3. The molecule has 0 amide bonds. The van der Waals surface area contributed by atoms with Crippen LogP contribution in [0.3, 0.4) is 0 Å². The molecule has 0 radical (unpaired) electrons. The van der Waals surface area contributed by atoms with Gasteiger partial charge in [-0.05, 0) is 30.4 Å². The van der Waals surface area contributed by atoms with Gasteiger partial charge in [0.25, 0.3) is 0 Å². The Hall–Kier alpha value is -1.56. The molecule has 1 aliphatic rings. The Kier molecular flexibility index (Phi) is 3.54. The minimum Gasteiger partial charge on any atom is -0.493 e. The summed E-state index contributed by atoms with van der Waals surface area (Å²) in [6, 6.07) is 6.72. The van der Waals surface area contributed by atoms with Gasteiger partial charge in [0.05, 0.1) is 6.61 Å². The molecule has 1 aromatic rings. The lowest BCUT2D eigenvalue weighted by molar-refractivity contribution is -0.248. The number of hydrogen-bond donors (Lipinski definition) is 1. The number of carbonyl (C=O) groups is 1. The fourth-order valence-electron chi connectivity index (χ4n) is 2.23. The number of ether oxygens (including phenoxy) is 1. The van der Waals surface area contributed by atoms with Crippen LogP contribution < -0.4 is 4.74 Å². The van der Waals surface area contributed by atoms with Crippen molar-refractivity contribution in [3.05, 3.63) is 29.8 Å². The first kappa shape index (κ1) is 13.9. The summed E-state index contributed by atoms with van der Waals surface area (Å²) in [4.78, 5) is 10.7. The van der Waals surface area contributed by atoms with Crippen molar-refractivity contribution in [2.45, 2.75) is 30.5 Å². The molecule has 19 heavy (non-hydrogen) atoms. The molecule has 0 saturated carbocycles. The fraction of sp³-hybridized carbons (Fsp3) is 0.462. The van der Waals surface area contributed by atoms with E-state index in [2.05, 4.69) is 0 Å². The van der Waals surface area contributed by atoms with Crippen LogP contribution in [0.15, 0.2) is 24.3 Å². The fourth-order valence-corrected chi connectivity index (χ4v) is 2.23. The standard InChI is InChI=1S/C13H13F3O3/c14-13(15,16)12(18,8-17)7-9-5-6-19-11-4-2-1-3-10(9)11/h1-4,8-9,18H,5-7H2. The number of aliphatic hydroxyl groups is 1. The van der Waals surface area contributed by atoms with Crippen LogP contribution in [0.2, 0.25) is 0 Å². The first-order valence-corrected chi connectivity index (χ1v) is 5.84. The molecule has 2 rings (SSSR count). The summed E-state index contributed by atoms with van der Waals surface area (Å²) in [5, 5.41) is 9.50. The van der Waals surface area contributed by atoms with E-state index in [4.69, 9.17) is 4.74 Å². The zero-order valence-corrected chi connectivity index (χ0v) is 9.98. The quantitative estimate of drug-likeness (QED) is 0.861. The van der Waals surface area contributed by atoms with Gasteiger partial charge in [-0.1, -0.05) is 18.2 Å². The Morgan fingerprint density at radius 2 is 2.05 bits per heavy atom. The molecule has 0 fully saturated rings. The van der Waals surface area contributed by atoms with E-state index in [9.17, 15) is 23.1 Å². The van der Waals surface area contributed by atoms with Gasteiger partial charge in [-0.25, -0.2) is 0 Å². The molecule has 1 heterocycles. The molecule has 0 aromatic heterocycles. The lowest BCUT2D eigenvalue weighted by Gasteiger charge is -2.32. The van der Waals surface area contributed by atoms with Crippen molar-refractivity contribution in [2.75, 3.05) is 6.61 Å². The van der Waals surface area contributed by atoms with E-state index in [1.54, 1.807) is 24.3 Å². The highest BCUT2D eigenvalue weighted by Crippen LogP contribution is 2.42. The largest absolute Gasteiger partial charge is 0.493 e. The number of carbonyl (C=O) groups excluding carboxylic acids is 1. The second kappa shape index (κ2) is 4.85. The lowest BCUT2D eigenvalue weighted by Crippen LogP contribution is -2.48. The number of hydrogen-bond acceptors (Lipinski definition) is 3. The van der Waals surface area contributed by atoms with Crippen LogP contribution in [0.5, 0.6) is 5.75 Å². The van der Waals surface area contributed by atoms with Gasteiger partial charge in [-0.15, -0.1) is 0 Å². The molecule has 0 aliphatic carbocycles. The van der Waals surface area contributed by atoms with Crippen molar-refractivity contribution in [3.63, 3.8) is 0 Å². The van der Waals surface area contributed by atoms with Gasteiger partial charge in [-0.3, -0.25) is 4.79 Å². The Labute approximate surface area is 108 Å². The minimum atomic E-state index is -4.97. The normalized spacial score (nSPS) is 22.0. The van der Waals surface area contributed by atoms with E-state index in [1.807, 2.05) is 0 Å². The maximum atomic E-state index is 12.7. The van der Waals surface area contributed by atoms with Crippen LogP contribution in [0.25, 0.3) is 0 Å². The van der Waals surface area contributed by atoms with Crippen molar-refractivity contribution in [3.8, 4) is 5.75 Å². The summed E-state index contributed by atoms with van der Waals surface area (Å²) in [6.07, 6.45) is -5.74. The second-order valence-electron chi connectivity index (χ2n) is 4.62. The smallest absolute Gasteiger partial charge is 0.424 e. The number of halogens is 3. The van der Waals surface area contributed by atoms with E-state index in [0.29, 0.717) is 17.7 Å². The topological polar surface area (TPSA) is 46.5 Å². The molecule has 3 nitrogen and oxygen atoms in total. The Morgan fingerprint density at radius 3 is 2.68 bits per heavy atom. The Balaban J connectivity index is 2.28. The van der Waals surface area contributed by atoms with Gasteiger partial charge in [0.2, 0.25) is 5.60 Å². The molecule has 1 N–H and O–H groups in total. The highest BCUT2D eigenvalue weighted by Gasteiger charge is 2.55.